The van der Waals surface area contributed by atoms with Gasteiger partial charge in [-0.15, -0.1) is 18.2 Å². The number of hydrogen-bond donors (Lipinski definition) is 1. The molecule has 1 N–H and O–H groups in total. The van der Waals surface area contributed by atoms with E-state index in [1.807, 2.05) is 0 Å². The maximum absolute atomic E-state index is 5.77. The van der Waals surface area contributed by atoms with Gasteiger partial charge in [0, 0.05) is 6.54 Å². The van der Waals surface area contributed by atoms with Crippen LogP contribution >= 0.6 is 11.6 Å². The first kappa shape index (κ1) is 7.06. The monoisotopic (exact) mass is 147 g/mol. The van der Waals surface area contributed by atoms with Gasteiger partial charge in [-0.1, -0.05) is 6.08 Å². The quantitative estimate of drug-likeness (QED) is 0.274. The first-order valence-corrected chi connectivity index (χ1v) is 3.38. The van der Waals surface area contributed by atoms with Gasteiger partial charge in [-0.25, -0.2) is 0 Å². The van der Waals surface area contributed by atoms with Crippen LogP contribution in [0, 0.1) is 0 Å². The predicted molar refractivity (Wildman–Crippen MR) is 37.6 cm³/mol. The molecule has 1 aliphatic heterocycles. The van der Waals surface area contributed by atoms with Gasteiger partial charge in [0.1, 0.15) is 11.6 Å². The van der Waals surface area contributed by atoms with Crippen molar-refractivity contribution in [1.29, 1.82) is 0 Å². The topological polar surface area (TPSA) is 24.6 Å². The number of epoxide rings is 1. The third kappa shape index (κ3) is 2.35. The van der Waals surface area contributed by atoms with Gasteiger partial charge >= 0.3 is 0 Å². The second-order valence-electron chi connectivity index (χ2n) is 1.97. The summed E-state index contributed by atoms with van der Waals surface area (Å²) in [6.45, 7) is 5.08. The van der Waals surface area contributed by atoms with Crippen LogP contribution in [0.15, 0.2) is 12.7 Å². The first-order valence-electron chi connectivity index (χ1n) is 2.94. The zero-order valence-electron chi connectivity index (χ0n) is 5.14. The van der Waals surface area contributed by atoms with E-state index in [-0.39, 0.29) is 11.6 Å². The van der Waals surface area contributed by atoms with E-state index in [0.29, 0.717) is 0 Å². The molecule has 1 fully saturated rings. The highest BCUT2D eigenvalue weighted by molar-refractivity contribution is 6.20. The molecule has 0 aliphatic carbocycles. The number of hydrogen-bond acceptors (Lipinski definition) is 2. The molecule has 52 valence electrons. The minimum absolute atomic E-state index is 0.0389. The number of nitrogens with one attached hydrogen (secondary N) is 1. The first-order chi connectivity index (χ1) is 4.34. The third-order valence-electron chi connectivity index (χ3n) is 1.14. The van der Waals surface area contributed by atoms with Gasteiger partial charge in [-0.3, -0.25) is 5.32 Å². The summed E-state index contributed by atoms with van der Waals surface area (Å²) < 4.78 is 4.94. The van der Waals surface area contributed by atoms with E-state index in [9.17, 15) is 0 Å². The van der Waals surface area contributed by atoms with Crippen LogP contribution in [0.25, 0.3) is 0 Å². The summed E-state index contributed by atoms with van der Waals surface area (Å²) in [5.41, 5.74) is -0.0389. The van der Waals surface area contributed by atoms with Crippen molar-refractivity contribution in [2.75, 3.05) is 13.2 Å². The Balaban J connectivity index is 2.02. The zero-order chi connectivity index (χ0) is 6.69. The minimum atomic E-state index is -0.0389. The fourth-order valence-electron chi connectivity index (χ4n) is 0.552. The standard InChI is InChI=1S/C6H10ClNO/c1-2-3-8-6(7)5-4-9-5/h2,5-6,8H,1,3-4H2. The Morgan fingerprint density at radius 1 is 2.00 bits per heavy atom. The van der Waals surface area contributed by atoms with E-state index in [2.05, 4.69) is 11.9 Å². The second kappa shape index (κ2) is 3.20. The van der Waals surface area contributed by atoms with Crippen molar-refractivity contribution in [2.24, 2.45) is 0 Å². The van der Waals surface area contributed by atoms with Gasteiger partial charge in [-0.05, 0) is 0 Å². The Kier molecular flexibility index (Phi) is 2.51. The molecule has 0 saturated carbocycles. The molecule has 2 unspecified atom stereocenters. The van der Waals surface area contributed by atoms with Crippen LogP contribution in [0.1, 0.15) is 0 Å². The fourth-order valence-corrected chi connectivity index (χ4v) is 0.786. The summed E-state index contributed by atoms with van der Waals surface area (Å²) in [5, 5.41) is 3.02. The van der Waals surface area contributed by atoms with Crippen molar-refractivity contribution in [2.45, 2.75) is 11.6 Å². The minimum Gasteiger partial charge on any atom is -0.370 e. The molecule has 1 heterocycles. The normalized spacial score (nSPS) is 27.4. The number of halogens is 1. The molecule has 3 heteroatoms. The summed E-state index contributed by atoms with van der Waals surface area (Å²) in [7, 11) is 0. The Labute approximate surface area is 59.8 Å². The van der Waals surface area contributed by atoms with Crippen molar-refractivity contribution >= 4 is 11.6 Å². The van der Waals surface area contributed by atoms with Crippen LogP contribution in [-0.2, 0) is 4.74 Å². The van der Waals surface area contributed by atoms with Crippen molar-refractivity contribution in [3.8, 4) is 0 Å². The summed E-state index contributed by atoms with van der Waals surface area (Å²) in [6.07, 6.45) is 2.00. The van der Waals surface area contributed by atoms with Gasteiger partial charge in [0.2, 0.25) is 0 Å². The Morgan fingerprint density at radius 2 is 2.67 bits per heavy atom. The molecule has 0 aromatic rings. The van der Waals surface area contributed by atoms with E-state index < -0.39 is 0 Å². The third-order valence-corrected chi connectivity index (χ3v) is 1.58. The van der Waals surface area contributed by atoms with Crippen molar-refractivity contribution < 1.29 is 4.74 Å². The highest BCUT2D eigenvalue weighted by Crippen LogP contribution is 2.16. The Morgan fingerprint density at radius 3 is 3.11 bits per heavy atom. The molecule has 0 aromatic carbocycles. The lowest BCUT2D eigenvalue weighted by atomic mass is 10.4. The molecule has 0 radical (unpaired) electrons. The number of alkyl halides is 1. The molecule has 0 aromatic heterocycles. The van der Waals surface area contributed by atoms with Gasteiger partial charge < -0.3 is 4.74 Å². The van der Waals surface area contributed by atoms with Gasteiger partial charge in [0.15, 0.2) is 0 Å². The van der Waals surface area contributed by atoms with Crippen LogP contribution in [-0.4, -0.2) is 24.8 Å². The van der Waals surface area contributed by atoms with E-state index in [4.69, 9.17) is 16.3 Å². The molecular formula is C6H10ClNO. The van der Waals surface area contributed by atoms with Crippen LogP contribution in [0.5, 0.6) is 0 Å². The molecule has 2 nitrogen and oxygen atoms in total. The van der Waals surface area contributed by atoms with E-state index in [1.54, 1.807) is 6.08 Å². The molecule has 9 heavy (non-hydrogen) atoms. The van der Waals surface area contributed by atoms with Crippen molar-refractivity contribution in [1.82, 2.24) is 5.32 Å². The van der Waals surface area contributed by atoms with Gasteiger partial charge in [-0.2, -0.15) is 0 Å². The second-order valence-corrected chi connectivity index (χ2v) is 2.44. The van der Waals surface area contributed by atoms with Gasteiger partial charge in [0.25, 0.3) is 0 Å². The molecule has 1 saturated heterocycles. The largest absolute Gasteiger partial charge is 0.370 e. The van der Waals surface area contributed by atoms with E-state index in [0.717, 1.165) is 13.2 Å². The number of ether oxygens (including phenoxy) is 1. The average molecular weight is 148 g/mol. The lowest BCUT2D eigenvalue weighted by Gasteiger charge is -2.04. The fraction of sp³-hybridized carbons (Fsp3) is 0.667. The van der Waals surface area contributed by atoms with Crippen molar-refractivity contribution in [3.05, 3.63) is 12.7 Å². The Bertz CT molecular complexity index is 103. The number of rotatable bonds is 4. The van der Waals surface area contributed by atoms with Gasteiger partial charge in [0.05, 0.1) is 6.61 Å². The van der Waals surface area contributed by atoms with E-state index >= 15 is 0 Å². The SMILES string of the molecule is C=CCNC(Cl)C1CO1. The smallest absolute Gasteiger partial charge is 0.112 e. The van der Waals surface area contributed by atoms with Crippen LogP contribution < -0.4 is 5.32 Å². The summed E-state index contributed by atoms with van der Waals surface area (Å²) in [6, 6.07) is 0. The van der Waals surface area contributed by atoms with Crippen LogP contribution in [0.3, 0.4) is 0 Å². The lowest BCUT2D eigenvalue weighted by molar-refractivity contribution is 0.386. The molecule has 0 bridgehead atoms. The van der Waals surface area contributed by atoms with E-state index in [1.165, 1.54) is 0 Å². The summed E-state index contributed by atoms with van der Waals surface area (Å²) in [5.74, 6) is 0. The van der Waals surface area contributed by atoms with Crippen LogP contribution in [0.2, 0.25) is 0 Å². The average Bonchev–Trinajstić information content (AvgIpc) is 2.63. The van der Waals surface area contributed by atoms with Crippen molar-refractivity contribution in [3.63, 3.8) is 0 Å². The maximum atomic E-state index is 5.77. The molecular weight excluding hydrogens is 138 g/mol. The molecule has 2 atom stereocenters. The summed E-state index contributed by atoms with van der Waals surface area (Å²) >= 11 is 5.77. The molecule has 1 rings (SSSR count). The highest BCUT2D eigenvalue weighted by atomic mass is 35.5. The maximum Gasteiger partial charge on any atom is 0.112 e. The predicted octanol–water partition coefficient (Wildman–Crippen LogP) is 0.726. The molecule has 0 spiro atoms. The Hall–Kier alpha value is -0.0500. The molecule has 0 amide bonds. The van der Waals surface area contributed by atoms with Crippen LogP contribution in [0.4, 0.5) is 0 Å². The summed E-state index contributed by atoms with van der Waals surface area (Å²) in [4.78, 5) is 0. The highest BCUT2D eigenvalue weighted by Gasteiger charge is 2.30. The lowest BCUT2D eigenvalue weighted by Crippen LogP contribution is -2.28. The molecule has 1 aliphatic rings. The zero-order valence-corrected chi connectivity index (χ0v) is 5.90.